The van der Waals surface area contributed by atoms with Gasteiger partial charge in [-0.25, -0.2) is 4.79 Å². The molecule has 132 valence electrons. The van der Waals surface area contributed by atoms with Gasteiger partial charge in [0, 0.05) is 11.9 Å². The molecule has 0 bridgehead atoms. The largest absolute Gasteiger partial charge is 0.478 e. The number of aliphatic hydroxyl groups is 2. The zero-order valence-electron chi connectivity index (χ0n) is 12.8. The van der Waals surface area contributed by atoms with Crippen LogP contribution in [0.1, 0.15) is 20.8 Å². The molecule has 6 N–H and O–H groups in total. The van der Waals surface area contributed by atoms with Gasteiger partial charge in [-0.3, -0.25) is 4.79 Å². The lowest BCUT2D eigenvalue weighted by molar-refractivity contribution is -0.181. The maximum atomic E-state index is 11.9. The number of halogens is 1. The van der Waals surface area contributed by atoms with E-state index < -0.39 is 36.4 Å². The molecule has 0 spiro atoms. The van der Waals surface area contributed by atoms with Crippen LogP contribution >= 0.6 is 24.2 Å². The van der Waals surface area contributed by atoms with Gasteiger partial charge in [0.2, 0.25) is 0 Å². The molecule has 0 aromatic carbocycles. The molecule has 0 aliphatic heterocycles. The smallest absolute Gasteiger partial charge is 0.359 e. The first kappa shape index (κ1) is 23.7. The van der Waals surface area contributed by atoms with E-state index >= 15 is 0 Å². The Labute approximate surface area is 140 Å². The number of nitrogens with one attached hydrogen (secondary N) is 1. The van der Waals surface area contributed by atoms with E-state index in [0.29, 0.717) is 0 Å². The van der Waals surface area contributed by atoms with Gasteiger partial charge >= 0.3 is 5.97 Å². The van der Waals surface area contributed by atoms with E-state index in [1.54, 1.807) is 6.92 Å². The van der Waals surface area contributed by atoms with Crippen LogP contribution in [-0.2, 0) is 14.3 Å². The van der Waals surface area contributed by atoms with E-state index in [2.05, 4.69) is 0 Å². The van der Waals surface area contributed by atoms with Gasteiger partial charge in [0.1, 0.15) is 12.7 Å². The van der Waals surface area contributed by atoms with E-state index in [9.17, 15) is 19.8 Å². The number of ether oxygens (including phenoxy) is 1. The lowest BCUT2D eigenvalue weighted by Crippen LogP contribution is -2.63. The molecule has 0 aromatic heterocycles. The van der Waals surface area contributed by atoms with Crippen molar-refractivity contribution in [3.8, 4) is 0 Å². The van der Waals surface area contributed by atoms with Crippen LogP contribution in [-0.4, -0.2) is 69.3 Å². The number of thioether (sulfide) groups is 1. The van der Waals surface area contributed by atoms with Crippen molar-refractivity contribution >= 4 is 36.0 Å². The Morgan fingerprint density at radius 1 is 1.41 bits per heavy atom. The molecule has 0 saturated carbocycles. The zero-order chi connectivity index (χ0) is 16.6. The maximum absolute atomic E-state index is 11.9. The highest BCUT2D eigenvalue weighted by molar-refractivity contribution is 7.99. The number of rotatable bonds is 10. The molecule has 0 rings (SSSR count). The zero-order valence-corrected chi connectivity index (χ0v) is 14.4. The topological polar surface area (TPSA) is 142 Å². The van der Waals surface area contributed by atoms with Gasteiger partial charge in [0.15, 0.2) is 0 Å². The third-order valence-electron chi connectivity index (χ3n) is 2.89. The molecule has 0 radical (unpaired) electrons. The van der Waals surface area contributed by atoms with Crippen LogP contribution in [0.5, 0.6) is 0 Å². The fourth-order valence-electron chi connectivity index (χ4n) is 1.63. The highest BCUT2D eigenvalue weighted by atomic mass is 35.5. The molecule has 22 heavy (non-hydrogen) atoms. The summed E-state index contributed by atoms with van der Waals surface area (Å²) in [6.07, 6.45) is -1.61. The van der Waals surface area contributed by atoms with Crippen LogP contribution in [0.15, 0.2) is 0 Å². The first-order valence-corrected chi connectivity index (χ1v) is 7.66. The number of carboxylic acid groups (broad SMARTS) is 1. The summed E-state index contributed by atoms with van der Waals surface area (Å²) in [7, 11) is 0. The van der Waals surface area contributed by atoms with Gasteiger partial charge in [0.05, 0.1) is 6.04 Å². The molecule has 0 saturated heterocycles. The summed E-state index contributed by atoms with van der Waals surface area (Å²) >= 11 is 1.46. The fraction of sp³-hybridized carbons (Fsp3) is 0.833. The SMILES string of the molecule is CCOC(CO)(NC(=O)C(O)[C@@H](N)C(C)SCC)C(=O)O.Cl. The van der Waals surface area contributed by atoms with Crippen molar-refractivity contribution in [2.75, 3.05) is 19.0 Å². The summed E-state index contributed by atoms with van der Waals surface area (Å²) in [4.78, 5) is 23.1. The second-order valence-electron chi connectivity index (χ2n) is 4.40. The van der Waals surface area contributed by atoms with Crippen LogP contribution in [0.2, 0.25) is 0 Å². The normalized spacial score (nSPS) is 17.5. The Morgan fingerprint density at radius 3 is 2.32 bits per heavy atom. The average Bonchev–Trinajstić information content (AvgIpc) is 2.44. The molecule has 0 fully saturated rings. The lowest BCUT2D eigenvalue weighted by Gasteiger charge is -2.31. The Balaban J connectivity index is 0. The van der Waals surface area contributed by atoms with Crippen molar-refractivity contribution in [3.63, 3.8) is 0 Å². The highest BCUT2D eigenvalue weighted by Crippen LogP contribution is 2.16. The second-order valence-corrected chi connectivity index (χ2v) is 6.05. The van der Waals surface area contributed by atoms with Gasteiger partial charge in [-0.2, -0.15) is 11.8 Å². The van der Waals surface area contributed by atoms with Crippen LogP contribution < -0.4 is 11.1 Å². The van der Waals surface area contributed by atoms with Crippen molar-refractivity contribution in [2.24, 2.45) is 5.73 Å². The number of hydrogen-bond acceptors (Lipinski definition) is 7. The number of hydrogen-bond donors (Lipinski definition) is 5. The maximum Gasteiger partial charge on any atom is 0.359 e. The van der Waals surface area contributed by atoms with Crippen LogP contribution in [0.3, 0.4) is 0 Å². The van der Waals surface area contributed by atoms with Crippen LogP contribution in [0.4, 0.5) is 0 Å². The van der Waals surface area contributed by atoms with Gasteiger partial charge in [-0.15, -0.1) is 12.4 Å². The van der Waals surface area contributed by atoms with Crippen molar-refractivity contribution in [1.82, 2.24) is 5.32 Å². The predicted octanol–water partition coefficient (Wildman–Crippen LogP) is -0.836. The van der Waals surface area contributed by atoms with Crippen LogP contribution in [0.25, 0.3) is 0 Å². The summed E-state index contributed by atoms with van der Waals surface area (Å²) in [5.41, 5.74) is 3.49. The molecular formula is C12H25ClN2O6S. The van der Waals surface area contributed by atoms with Crippen molar-refractivity contribution in [2.45, 2.75) is 43.9 Å². The molecule has 4 atom stereocenters. The predicted molar refractivity (Wildman–Crippen MR) is 86.0 cm³/mol. The number of aliphatic hydroxyl groups excluding tert-OH is 2. The number of carbonyl (C=O) groups excluding carboxylic acids is 1. The Morgan fingerprint density at radius 2 is 1.95 bits per heavy atom. The minimum absolute atomic E-state index is 0. The standard InChI is InChI=1S/C12H24N2O6S.ClH/c1-4-20-12(6-15,11(18)19)14-10(17)9(16)8(13)7(3)21-5-2;/h7-9,15-16H,4-6,13H2,1-3H3,(H,14,17)(H,18,19);1H/t7?,8-,9?,12?;/m0./s1. The molecule has 10 heteroatoms. The molecule has 0 aliphatic carbocycles. The monoisotopic (exact) mass is 360 g/mol. The number of carbonyl (C=O) groups is 2. The first-order valence-electron chi connectivity index (χ1n) is 6.61. The fourth-order valence-corrected chi connectivity index (χ4v) is 2.53. The van der Waals surface area contributed by atoms with E-state index in [-0.39, 0.29) is 24.3 Å². The van der Waals surface area contributed by atoms with E-state index in [1.807, 2.05) is 12.2 Å². The number of aliphatic carboxylic acids is 1. The summed E-state index contributed by atoms with van der Waals surface area (Å²) < 4.78 is 4.91. The van der Waals surface area contributed by atoms with Crippen molar-refractivity contribution < 1.29 is 29.6 Å². The van der Waals surface area contributed by atoms with Crippen molar-refractivity contribution in [1.29, 1.82) is 0 Å². The Kier molecular flexibility index (Phi) is 11.9. The van der Waals surface area contributed by atoms with Crippen molar-refractivity contribution in [3.05, 3.63) is 0 Å². The Hall–Kier alpha value is -0.580. The molecule has 1 amide bonds. The summed E-state index contributed by atoms with van der Waals surface area (Å²) in [6.45, 7) is 4.17. The second kappa shape index (κ2) is 11.0. The minimum Gasteiger partial charge on any atom is -0.478 e. The molecule has 8 nitrogen and oxygen atoms in total. The van der Waals surface area contributed by atoms with Gasteiger partial charge in [0.25, 0.3) is 11.6 Å². The Bertz CT molecular complexity index is 363. The molecule has 3 unspecified atom stereocenters. The third-order valence-corrected chi connectivity index (χ3v) is 4.06. The minimum atomic E-state index is -2.28. The molecular weight excluding hydrogens is 336 g/mol. The lowest BCUT2D eigenvalue weighted by atomic mass is 10.1. The van der Waals surface area contributed by atoms with E-state index in [0.717, 1.165) is 5.75 Å². The summed E-state index contributed by atoms with van der Waals surface area (Å²) in [5, 5.41) is 30.0. The number of carboxylic acids is 1. The quantitative estimate of drug-likeness (QED) is 0.317. The first-order chi connectivity index (χ1) is 9.75. The van der Waals surface area contributed by atoms with Gasteiger partial charge in [-0.1, -0.05) is 13.8 Å². The summed E-state index contributed by atoms with van der Waals surface area (Å²) in [6, 6.07) is -0.873. The number of nitrogens with two attached hydrogens (primary N) is 1. The molecule has 0 aliphatic rings. The third kappa shape index (κ3) is 6.27. The highest BCUT2D eigenvalue weighted by Gasteiger charge is 2.43. The summed E-state index contributed by atoms with van der Waals surface area (Å²) in [5.74, 6) is -1.80. The molecule has 0 aromatic rings. The van der Waals surface area contributed by atoms with Gasteiger partial charge in [-0.05, 0) is 12.7 Å². The average molecular weight is 361 g/mol. The van der Waals surface area contributed by atoms with E-state index in [1.165, 1.54) is 18.7 Å². The molecule has 0 heterocycles. The van der Waals surface area contributed by atoms with Crippen LogP contribution in [0, 0.1) is 0 Å². The number of amides is 1. The van der Waals surface area contributed by atoms with Gasteiger partial charge < -0.3 is 31.1 Å². The van der Waals surface area contributed by atoms with E-state index in [4.69, 9.17) is 15.6 Å².